The Morgan fingerprint density at radius 1 is 1.28 bits per heavy atom. The number of aryl methyl sites for hydroxylation is 1. The van der Waals surface area contributed by atoms with Gasteiger partial charge in [-0.25, -0.2) is 0 Å². The number of aromatic hydroxyl groups is 1. The summed E-state index contributed by atoms with van der Waals surface area (Å²) in [4.78, 5) is 10.4. The van der Waals surface area contributed by atoms with Crippen LogP contribution in [0.5, 0.6) is 5.75 Å². The Bertz CT molecular complexity index is 454. The van der Waals surface area contributed by atoms with Crippen LogP contribution in [0.4, 0.5) is 0 Å². The SMILES string of the molecule is Cc1ccc(O)c(/C(CCCCC(=O)O)=N/O)c1. The van der Waals surface area contributed by atoms with E-state index in [2.05, 4.69) is 5.16 Å². The molecule has 5 nitrogen and oxygen atoms in total. The number of phenolic OH excluding ortho intramolecular Hbond substituents is 1. The van der Waals surface area contributed by atoms with E-state index < -0.39 is 5.97 Å². The second-order valence-corrected chi connectivity index (χ2v) is 4.17. The molecule has 0 atom stereocenters. The number of rotatable bonds is 6. The topological polar surface area (TPSA) is 90.1 Å². The summed E-state index contributed by atoms with van der Waals surface area (Å²) in [7, 11) is 0. The molecule has 0 aromatic heterocycles. The number of aliphatic carboxylic acids is 1. The molecule has 0 aliphatic carbocycles. The lowest BCUT2D eigenvalue weighted by atomic mass is 10.0. The first kappa shape index (κ1) is 14.0. The Hall–Kier alpha value is -2.04. The molecule has 18 heavy (non-hydrogen) atoms. The molecule has 0 aliphatic rings. The smallest absolute Gasteiger partial charge is 0.303 e. The molecule has 0 fully saturated rings. The van der Waals surface area contributed by atoms with E-state index in [-0.39, 0.29) is 12.2 Å². The molecule has 98 valence electrons. The highest BCUT2D eigenvalue weighted by atomic mass is 16.4. The lowest BCUT2D eigenvalue weighted by Gasteiger charge is -2.07. The molecule has 1 aromatic carbocycles. The van der Waals surface area contributed by atoms with Crippen molar-refractivity contribution in [3.8, 4) is 5.75 Å². The van der Waals surface area contributed by atoms with Gasteiger partial charge in [0.15, 0.2) is 0 Å². The van der Waals surface area contributed by atoms with Gasteiger partial charge in [0, 0.05) is 12.0 Å². The van der Waals surface area contributed by atoms with Crippen LogP contribution in [-0.4, -0.2) is 27.1 Å². The van der Waals surface area contributed by atoms with E-state index in [0.717, 1.165) is 5.56 Å². The molecule has 0 amide bonds. The summed E-state index contributed by atoms with van der Waals surface area (Å²) in [6, 6.07) is 5.05. The van der Waals surface area contributed by atoms with Crippen molar-refractivity contribution >= 4 is 11.7 Å². The predicted octanol–water partition coefficient (Wildman–Crippen LogP) is 2.52. The number of nitrogens with zero attached hydrogens (tertiary/aromatic N) is 1. The number of hydrogen-bond donors (Lipinski definition) is 3. The van der Waals surface area contributed by atoms with Gasteiger partial charge in [0.25, 0.3) is 0 Å². The Morgan fingerprint density at radius 2 is 1.94 bits per heavy atom. The zero-order chi connectivity index (χ0) is 13.5. The van der Waals surface area contributed by atoms with Crippen LogP contribution in [0.3, 0.4) is 0 Å². The van der Waals surface area contributed by atoms with Gasteiger partial charge in [0.05, 0.1) is 5.71 Å². The van der Waals surface area contributed by atoms with Crippen molar-refractivity contribution in [2.45, 2.75) is 32.6 Å². The fourth-order valence-corrected chi connectivity index (χ4v) is 1.69. The third-order valence-electron chi connectivity index (χ3n) is 2.64. The molecular formula is C13H17NO4. The fraction of sp³-hybridized carbons (Fsp3) is 0.385. The zero-order valence-electron chi connectivity index (χ0n) is 10.3. The van der Waals surface area contributed by atoms with Gasteiger partial charge in [-0.3, -0.25) is 4.79 Å². The van der Waals surface area contributed by atoms with Crippen LogP contribution in [0, 0.1) is 6.92 Å². The second kappa shape index (κ2) is 6.64. The summed E-state index contributed by atoms with van der Waals surface area (Å²) in [6.45, 7) is 1.88. The van der Waals surface area contributed by atoms with Crippen molar-refractivity contribution in [3.05, 3.63) is 29.3 Å². The van der Waals surface area contributed by atoms with Crippen molar-refractivity contribution in [1.82, 2.24) is 0 Å². The van der Waals surface area contributed by atoms with Crippen LogP contribution in [-0.2, 0) is 4.79 Å². The van der Waals surface area contributed by atoms with E-state index in [1.807, 2.05) is 6.92 Å². The minimum Gasteiger partial charge on any atom is -0.507 e. The third-order valence-corrected chi connectivity index (χ3v) is 2.64. The van der Waals surface area contributed by atoms with Crippen molar-refractivity contribution in [2.24, 2.45) is 5.16 Å². The highest BCUT2D eigenvalue weighted by molar-refractivity contribution is 6.02. The average Bonchev–Trinajstić information content (AvgIpc) is 2.33. The lowest BCUT2D eigenvalue weighted by molar-refractivity contribution is -0.137. The maximum atomic E-state index is 10.4. The van der Waals surface area contributed by atoms with Crippen LogP contribution < -0.4 is 0 Å². The highest BCUT2D eigenvalue weighted by Crippen LogP contribution is 2.21. The van der Waals surface area contributed by atoms with E-state index in [0.29, 0.717) is 30.5 Å². The Morgan fingerprint density at radius 3 is 2.56 bits per heavy atom. The largest absolute Gasteiger partial charge is 0.507 e. The van der Waals surface area contributed by atoms with Gasteiger partial charge >= 0.3 is 5.97 Å². The molecule has 0 radical (unpaired) electrons. The summed E-state index contributed by atoms with van der Waals surface area (Å²) in [6.07, 6.45) is 1.64. The maximum Gasteiger partial charge on any atom is 0.303 e. The van der Waals surface area contributed by atoms with E-state index >= 15 is 0 Å². The normalized spacial score (nSPS) is 11.5. The molecule has 3 N–H and O–H groups in total. The van der Waals surface area contributed by atoms with Gasteiger partial charge < -0.3 is 15.4 Å². The third kappa shape index (κ3) is 4.08. The minimum atomic E-state index is -0.837. The highest BCUT2D eigenvalue weighted by Gasteiger charge is 2.10. The molecular weight excluding hydrogens is 234 g/mol. The van der Waals surface area contributed by atoms with Crippen LogP contribution >= 0.6 is 0 Å². The van der Waals surface area contributed by atoms with Crippen molar-refractivity contribution in [3.63, 3.8) is 0 Å². The molecule has 0 saturated heterocycles. The Balaban J connectivity index is 2.66. The summed E-state index contributed by atoms with van der Waals surface area (Å²) < 4.78 is 0. The predicted molar refractivity (Wildman–Crippen MR) is 67.3 cm³/mol. The molecule has 0 aliphatic heterocycles. The van der Waals surface area contributed by atoms with Gasteiger partial charge in [0.1, 0.15) is 5.75 Å². The van der Waals surface area contributed by atoms with E-state index in [9.17, 15) is 9.90 Å². The Labute approximate surface area is 105 Å². The number of carbonyl (C=O) groups is 1. The number of benzene rings is 1. The van der Waals surface area contributed by atoms with Gasteiger partial charge in [0.2, 0.25) is 0 Å². The Kier molecular flexibility index (Phi) is 5.17. The number of oxime groups is 1. The first-order valence-electron chi connectivity index (χ1n) is 5.77. The lowest BCUT2D eigenvalue weighted by Crippen LogP contribution is -2.03. The summed E-state index contributed by atoms with van der Waals surface area (Å²) in [5, 5.41) is 30.4. The monoisotopic (exact) mass is 251 g/mol. The molecule has 1 aromatic rings. The number of hydrogen-bond acceptors (Lipinski definition) is 4. The molecule has 0 saturated carbocycles. The minimum absolute atomic E-state index is 0.0617. The molecule has 1 rings (SSSR count). The average molecular weight is 251 g/mol. The summed E-state index contributed by atoms with van der Waals surface area (Å²) in [5.41, 5.74) is 1.82. The van der Waals surface area contributed by atoms with E-state index in [1.165, 1.54) is 0 Å². The summed E-state index contributed by atoms with van der Waals surface area (Å²) in [5.74, 6) is -0.775. The van der Waals surface area contributed by atoms with Crippen LogP contribution in [0.25, 0.3) is 0 Å². The first-order chi connectivity index (χ1) is 8.54. The zero-order valence-corrected chi connectivity index (χ0v) is 10.3. The van der Waals surface area contributed by atoms with Crippen LogP contribution in [0.15, 0.2) is 23.4 Å². The van der Waals surface area contributed by atoms with Crippen molar-refractivity contribution in [1.29, 1.82) is 0 Å². The summed E-state index contributed by atoms with van der Waals surface area (Å²) >= 11 is 0. The molecule has 0 bridgehead atoms. The van der Waals surface area contributed by atoms with E-state index in [1.54, 1.807) is 18.2 Å². The second-order valence-electron chi connectivity index (χ2n) is 4.17. The maximum absolute atomic E-state index is 10.4. The molecule has 0 unspecified atom stereocenters. The van der Waals surface area contributed by atoms with Gasteiger partial charge in [-0.05, 0) is 38.3 Å². The molecule has 0 spiro atoms. The first-order valence-corrected chi connectivity index (χ1v) is 5.77. The standard InChI is InChI=1S/C13H17NO4/c1-9-6-7-12(15)10(8-9)11(14-18)4-2-3-5-13(16)17/h6-8,15,18H,2-5H2,1H3,(H,16,17)/b14-11+. The quantitative estimate of drug-likeness (QED) is 0.313. The van der Waals surface area contributed by atoms with Crippen molar-refractivity contribution in [2.75, 3.05) is 0 Å². The number of unbranched alkanes of at least 4 members (excludes halogenated alkanes) is 1. The van der Waals surface area contributed by atoms with Crippen molar-refractivity contribution < 1.29 is 20.2 Å². The van der Waals surface area contributed by atoms with Crippen LogP contribution in [0.1, 0.15) is 36.8 Å². The van der Waals surface area contributed by atoms with E-state index in [4.69, 9.17) is 10.3 Å². The number of phenols is 1. The molecule has 0 heterocycles. The fourth-order valence-electron chi connectivity index (χ4n) is 1.69. The number of carboxylic acids is 1. The van der Waals surface area contributed by atoms with Gasteiger partial charge in [-0.2, -0.15) is 0 Å². The van der Waals surface area contributed by atoms with Gasteiger partial charge in [-0.15, -0.1) is 0 Å². The van der Waals surface area contributed by atoms with Crippen LogP contribution in [0.2, 0.25) is 0 Å². The van der Waals surface area contributed by atoms with Gasteiger partial charge in [-0.1, -0.05) is 16.8 Å². The molecule has 5 heteroatoms. The number of carboxylic acid groups (broad SMARTS) is 1.